The summed E-state index contributed by atoms with van der Waals surface area (Å²) < 4.78 is 26.4. The van der Waals surface area contributed by atoms with Gasteiger partial charge in [-0.25, -0.2) is 8.42 Å². The van der Waals surface area contributed by atoms with E-state index in [4.69, 9.17) is 11.6 Å². The van der Waals surface area contributed by atoms with Crippen LogP contribution in [0, 0.1) is 0 Å². The molecule has 0 spiro atoms. The predicted molar refractivity (Wildman–Crippen MR) is 102 cm³/mol. The standard InChI is InChI=1S/C18H18ClN3O3S/c1-2-20-11-16(23)22-18-17(14-10-12(19)8-9-15(14)21-18)26(24,25)13-6-4-3-5-7-13/h3-10,20-21H,2,11H2,1H3,(H,22,23). The average molecular weight is 392 g/mol. The van der Waals surface area contributed by atoms with Crippen LogP contribution in [0.5, 0.6) is 0 Å². The number of hydrogen-bond donors (Lipinski definition) is 3. The van der Waals surface area contributed by atoms with Gasteiger partial charge in [-0.05, 0) is 36.9 Å². The number of anilines is 1. The Bertz CT molecular complexity index is 1050. The number of rotatable bonds is 6. The molecule has 2 aromatic carbocycles. The third kappa shape index (κ3) is 3.60. The summed E-state index contributed by atoms with van der Waals surface area (Å²) in [5.74, 6) is -0.206. The molecule has 1 aromatic heterocycles. The molecule has 6 nitrogen and oxygen atoms in total. The number of halogens is 1. The molecule has 3 aromatic rings. The van der Waals surface area contributed by atoms with Crippen molar-refractivity contribution in [3.05, 3.63) is 53.6 Å². The normalized spacial score (nSPS) is 11.6. The minimum atomic E-state index is -3.86. The van der Waals surface area contributed by atoms with E-state index in [1.165, 1.54) is 12.1 Å². The summed E-state index contributed by atoms with van der Waals surface area (Å²) in [5, 5.41) is 6.39. The molecule has 1 heterocycles. The maximum absolute atomic E-state index is 13.2. The van der Waals surface area contributed by atoms with Crippen LogP contribution in [0.2, 0.25) is 5.02 Å². The number of sulfone groups is 1. The lowest BCUT2D eigenvalue weighted by Crippen LogP contribution is -2.28. The second-order valence-electron chi connectivity index (χ2n) is 5.66. The zero-order valence-corrected chi connectivity index (χ0v) is 15.6. The number of fused-ring (bicyclic) bond motifs is 1. The molecule has 0 aliphatic rings. The number of carbonyl (C=O) groups is 1. The molecular formula is C18H18ClN3O3S. The Morgan fingerprint density at radius 1 is 1.15 bits per heavy atom. The van der Waals surface area contributed by atoms with Crippen molar-refractivity contribution >= 4 is 44.1 Å². The van der Waals surface area contributed by atoms with Crippen LogP contribution in [0.15, 0.2) is 58.3 Å². The minimum Gasteiger partial charge on any atom is -0.340 e. The fourth-order valence-corrected chi connectivity index (χ4v) is 4.40. The molecule has 3 rings (SSSR count). The van der Waals surface area contributed by atoms with Crippen LogP contribution in [0.4, 0.5) is 5.82 Å². The maximum Gasteiger partial charge on any atom is 0.239 e. The maximum atomic E-state index is 13.2. The highest BCUT2D eigenvalue weighted by Crippen LogP contribution is 2.36. The molecule has 0 unspecified atom stereocenters. The van der Waals surface area contributed by atoms with Gasteiger partial charge < -0.3 is 15.6 Å². The molecule has 26 heavy (non-hydrogen) atoms. The summed E-state index contributed by atoms with van der Waals surface area (Å²) in [4.78, 5) is 15.2. The molecule has 1 amide bonds. The molecule has 0 fully saturated rings. The van der Waals surface area contributed by atoms with Gasteiger partial charge in [0.25, 0.3) is 0 Å². The zero-order chi connectivity index (χ0) is 18.7. The summed E-state index contributed by atoms with van der Waals surface area (Å²) >= 11 is 6.06. The number of amides is 1. The summed E-state index contributed by atoms with van der Waals surface area (Å²) in [6, 6.07) is 13.0. The second-order valence-corrected chi connectivity index (χ2v) is 7.99. The molecule has 0 aliphatic carbocycles. The quantitative estimate of drug-likeness (QED) is 0.601. The minimum absolute atomic E-state index is 0.00560. The number of nitrogens with one attached hydrogen (secondary N) is 3. The van der Waals surface area contributed by atoms with Gasteiger partial charge in [-0.15, -0.1) is 0 Å². The average Bonchev–Trinajstić information content (AvgIpc) is 2.98. The topological polar surface area (TPSA) is 91.1 Å². The van der Waals surface area contributed by atoms with Gasteiger partial charge in [-0.2, -0.15) is 0 Å². The smallest absolute Gasteiger partial charge is 0.239 e. The molecule has 0 bridgehead atoms. The first-order valence-corrected chi connectivity index (χ1v) is 9.91. The molecule has 0 saturated carbocycles. The number of aromatic nitrogens is 1. The first-order valence-electron chi connectivity index (χ1n) is 8.05. The van der Waals surface area contributed by atoms with Crippen LogP contribution in [-0.4, -0.2) is 32.4 Å². The van der Waals surface area contributed by atoms with Crippen LogP contribution in [0.25, 0.3) is 10.9 Å². The molecule has 136 valence electrons. The van der Waals surface area contributed by atoms with E-state index < -0.39 is 9.84 Å². The Morgan fingerprint density at radius 3 is 2.58 bits per heavy atom. The molecule has 0 saturated heterocycles. The Labute approximate surface area is 156 Å². The molecule has 8 heteroatoms. The zero-order valence-electron chi connectivity index (χ0n) is 14.0. The third-order valence-corrected chi connectivity index (χ3v) is 5.92. The van der Waals surface area contributed by atoms with E-state index in [1.807, 2.05) is 6.92 Å². The number of H-pyrrole nitrogens is 1. The third-order valence-electron chi connectivity index (χ3n) is 3.84. The monoisotopic (exact) mass is 391 g/mol. The lowest BCUT2D eigenvalue weighted by atomic mass is 10.2. The highest BCUT2D eigenvalue weighted by Gasteiger charge is 2.27. The van der Waals surface area contributed by atoms with E-state index in [0.717, 1.165) is 0 Å². The van der Waals surface area contributed by atoms with Crippen LogP contribution in [-0.2, 0) is 14.6 Å². The van der Waals surface area contributed by atoms with Crippen LogP contribution < -0.4 is 10.6 Å². The summed E-state index contributed by atoms with van der Waals surface area (Å²) in [6.07, 6.45) is 0. The molecule has 0 radical (unpaired) electrons. The molecule has 0 aliphatic heterocycles. The Kier molecular flexibility index (Phi) is 5.31. The van der Waals surface area contributed by atoms with E-state index in [2.05, 4.69) is 15.6 Å². The number of likely N-dealkylation sites (N-methyl/N-ethyl adjacent to an activating group) is 1. The summed E-state index contributed by atoms with van der Waals surface area (Å²) in [5.41, 5.74) is 0.572. The summed E-state index contributed by atoms with van der Waals surface area (Å²) in [7, 11) is -3.86. The van der Waals surface area contributed by atoms with E-state index >= 15 is 0 Å². The lowest BCUT2D eigenvalue weighted by Gasteiger charge is -2.09. The molecular weight excluding hydrogens is 374 g/mol. The van der Waals surface area contributed by atoms with E-state index in [0.29, 0.717) is 22.5 Å². The van der Waals surface area contributed by atoms with E-state index in [9.17, 15) is 13.2 Å². The predicted octanol–water partition coefficient (Wildman–Crippen LogP) is 3.20. The number of aromatic amines is 1. The van der Waals surface area contributed by atoms with Gasteiger partial charge in [0, 0.05) is 15.9 Å². The lowest BCUT2D eigenvalue weighted by molar-refractivity contribution is -0.115. The van der Waals surface area contributed by atoms with Crippen molar-refractivity contribution in [2.75, 3.05) is 18.4 Å². The van der Waals surface area contributed by atoms with Crippen molar-refractivity contribution in [2.24, 2.45) is 0 Å². The van der Waals surface area contributed by atoms with Gasteiger partial charge in [0.1, 0.15) is 10.7 Å². The Balaban J connectivity index is 2.16. The first-order chi connectivity index (χ1) is 12.4. The van der Waals surface area contributed by atoms with Crippen molar-refractivity contribution in [3.8, 4) is 0 Å². The molecule has 0 atom stereocenters. The van der Waals surface area contributed by atoms with Gasteiger partial charge >= 0.3 is 0 Å². The van der Waals surface area contributed by atoms with Gasteiger partial charge in [0.05, 0.1) is 11.4 Å². The van der Waals surface area contributed by atoms with Crippen LogP contribution in [0.1, 0.15) is 6.92 Å². The van der Waals surface area contributed by atoms with Crippen LogP contribution >= 0.6 is 11.6 Å². The number of hydrogen-bond acceptors (Lipinski definition) is 4. The van der Waals surface area contributed by atoms with Gasteiger partial charge in [-0.3, -0.25) is 4.79 Å². The van der Waals surface area contributed by atoms with Crippen molar-refractivity contribution in [1.82, 2.24) is 10.3 Å². The fraction of sp³-hybridized carbons (Fsp3) is 0.167. The van der Waals surface area contributed by atoms with Gasteiger partial charge in [-0.1, -0.05) is 36.7 Å². The van der Waals surface area contributed by atoms with Crippen molar-refractivity contribution in [1.29, 1.82) is 0 Å². The van der Waals surface area contributed by atoms with Crippen LogP contribution in [0.3, 0.4) is 0 Å². The van der Waals surface area contributed by atoms with Crippen molar-refractivity contribution < 1.29 is 13.2 Å². The number of benzene rings is 2. The van der Waals surface area contributed by atoms with E-state index in [1.54, 1.807) is 36.4 Å². The molecule has 3 N–H and O–H groups in total. The largest absolute Gasteiger partial charge is 0.340 e. The Morgan fingerprint density at radius 2 is 1.88 bits per heavy atom. The highest BCUT2D eigenvalue weighted by atomic mass is 35.5. The highest BCUT2D eigenvalue weighted by molar-refractivity contribution is 7.92. The van der Waals surface area contributed by atoms with Crippen molar-refractivity contribution in [3.63, 3.8) is 0 Å². The first kappa shape index (κ1) is 18.4. The second kappa shape index (κ2) is 7.49. The number of carbonyl (C=O) groups excluding carboxylic acids is 1. The van der Waals surface area contributed by atoms with Crippen molar-refractivity contribution in [2.45, 2.75) is 16.7 Å². The van der Waals surface area contributed by atoms with Gasteiger partial charge in [0.2, 0.25) is 15.7 Å². The SMILES string of the molecule is CCNCC(=O)Nc1[nH]c2ccc(Cl)cc2c1S(=O)(=O)c1ccccc1. The fourth-order valence-electron chi connectivity index (χ4n) is 2.65. The van der Waals surface area contributed by atoms with E-state index in [-0.39, 0.29) is 28.1 Å². The Hall–Kier alpha value is -2.35. The van der Waals surface area contributed by atoms with Gasteiger partial charge in [0.15, 0.2) is 0 Å². The summed E-state index contributed by atoms with van der Waals surface area (Å²) in [6.45, 7) is 2.59.